The van der Waals surface area contributed by atoms with Gasteiger partial charge >= 0.3 is 18.2 Å². The SMILES string of the molecule is COC(=O)c1cc(OCC[C@@H]2CN(C(=O)OCc3ccccc3)CCN2C(=O)OC(C)(C)C)no1. The maximum Gasteiger partial charge on any atom is 0.410 e. The summed E-state index contributed by atoms with van der Waals surface area (Å²) in [5, 5.41) is 3.68. The predicted octanol–water partition coefficient (Wildman–Crippen LogP) is 3.49. The smallest absolute Gasteiger partial charge is 0.410 e. The fourth-order valence-electron chi connectivity index (χ4n) is 3.46. The molecule has 0 radical (unpaired) electrons. The second-order valence-electron chi connectivity index (χ2n) is 8.97. The molecule has 1 saturated heterocycles. The predicted molar refractivity (Wildman–Crippen MR) is 123 cm³/mol. The average molecular weight is 490 g/mol. The lowest BCUT2D eigenvalue weighted by Gasteiger charge is -2.41. The number of carbonyl (C=O) groups is 3. The van der Waals surface area contributed by atoms with Gasteiger partial charge in [0, 0.05) is 26.1 Å². The highest BCUT2D eigenvalue weighted by Gasteiger charge is 2.35. The number of rotatable bonds is 7. The summed E-state index contributed by atoms with van der Waals surface area (Å²) in [6.45, 7) is 6.56. The molecule has 11 heteroatoms. The van der Waals surface area contributed by atoms with Crippen molar-refractivity contribution >= 4 is 18.2 Å². The second kappa shape index (κ2) is 11.6. The van der Waals surface area contributed by atoms with E-state index in [1.807, 2.05) is 30.3 Å². The molecule has 3 rings (SSSR count). The van der Waals surface area contributed by atoms with Crippen molar-refractivity contribution < 1.29 is 37.9 Å². The fourth-order valence-corrected chi connectivity index (χ4v) is 3.46. The van der Waals surface area contributed by atoms with Crippen LogP contribution in [-0.2, 0) is 20.8 Å². The third kappa shape index (κ3) is 7.62. The molecule has 0 aliphatic carbocycles. The minimum atomic E-state index is -0.666. The fraction of sp³-hybridized carbons (Fsp3) is 0.500. The molecule has 2 aromatic rings. The van der Waals surface area contributed by atoms with E-state index in [-0.39, 0.29) is 44.0 Å². The first-order valence-corrected chi connectivity index (χ1v) is 11.3. The average Bonchev–Trinajstić information content (AvgIpc) is 3.30. The van der Waals surface area contributed by atoms with Crippen LogP contribution in [0.1, 0.15) is 43.3 Å². The standard InChI is InChI=1S/C24H31N3O8/c1-24(2,3)34-23(30)27-12-11-26(22(29)33-16-17-8-6-5-7-9-17)15-18(27)10-13-32-20-14-19(35-25-20)21(28)31-4/h5-9,14,18H,10-13,15-16H2,1-4H3/t18-/m1/s1. The molecule has 0 saturated carbocycles. The van der Waals surface area contributed by atoms with Gasteiger partial charge in [0.2, 0.25) is 5.76 Å². The third-order valence-corrected chi connectivity index (χ3v) is 5.15. The first-order chi connectivity index (χ1) is 16.7. The normalized spacial score (nSPS) is 15.9. The summed E-state index contributed by atoms with van der Waals surface area (Å²) in [4.78, 5) is 40.2. The Morgan fingerprint density at radius 3 is 2.54 bits per heavy atom. The van der Waals surface area contributed by atoms with E-state index in [1.165, 1.54) is 13.2 Å². The number of esters is 1. The third-order valence-electron chi connectivity index (χ3n) is 5.15. The molecule has 2 heterocycles. The summed E-state index contributed by atoms with van der Waals surface area (Å²) < 4.78 is 26.1. The van der Waals surface area contributed by atoms with Crippen molar-refractivity contribution in [1.82, 2.24) is 15.0 Å². The Morgan fingerprint density at radius 1 is 1.11 bits per heavy atom. The molecule has 2 amide bonds. The molecule has 1 aromatic carbocycles. The quantitative estimate of drug-likeness (QED) is 0.425. The second-order valence-corrected chi connectivity index (χ2v) is 8.97. The van der Waals surface area contributed by atoms with Crippen LogP contribution in [0.3, 0.4) is 0 Å². The molecule has 190 valence electrons. The number of aromatic nitrogens is 1. The minimum Gasteiger partial charge on any atom is -0.475 e. The molecule has 1 aromatic heterocycles. The highest BCUT2D eigenvalue weighted by atomic mass is 16.6. The van der Waals surface area contributed by atoms with Gasteiger partial charge in [-0.3, -0.25) is 0 Å². The van der Waals surface area contributed by atoms with Crippen molar-refractivity contribution in [3.8, 4) is 5.88 Å². The molecule has 0 N–H and O–H groups in total. The van der Waals surface area contributed by atoms with Crippen LogP contribution in [0.5, 0.6) is 5.88 Å². The van der Waals surface area contributed by atoms with Crippen LogP contribution in [-0.4, -0.2) is 78.1 Å². The maximum atomic E-state index is 12.8. The number of carbonyl (C=O) groups excluding carboxylic acids is 3. The zero-order valence-corrected chi connectivity index (χ0v) is 20.4. The van der Waals surface area contributed by atoms with Crippen molar-refractivity contribution in [2.24, 2.45) is 0 Å². The molecule has 35 heavy (non-hydrogen) atoms. The Kier molecular flexibility index (Phi) is 8.56. The maximum absolute atomic E-state index is 12.8. The first-order valence-electron chi connectivity index (χ1n) is 11.3. The van der Waals surface area contributed by atoms with Crippen LogP contribution in [0.4, 0.5) is 9.59 Å². The lowest BCUT2D eigenvalue weighted by Crippen LogP contribution is -2.57. The summed E-state index contributed by atoms with van der Waals surface area (Å²) in [6, 6.07) is 10.3. The van der Waals surface area contributed by atoms with E-state index >= 15 is 0 Å². The summed E-state index contributed by atoms with van der Waals surface area (Å²) in [6.07, 6.45) is -0.542. The van der Waals surface area contributed by atoms with Gasteiger partial charge in [0.1, 0.15) is 12.2 Å². The van der Waals surface area contributed by atoms with Crippen LogP contribution in [0.2, 0.25) is 0 Å². The van der Waals surface area contributed by atoms with Gasteiger partial charge in [-0.05, 0) is 31.5 Å². The summed E-state index contributed by atoms with van der Waals surface area (Å²) in [7, 11) is 1.23. The zero-order chi connectivity index (χ0) is 25.4. The minimum absolute atomic E-state index is 0.0807. The number of nitrogens with zero attached hydrogens (tertiary/aromatic N) is 3. The van der Waals surface area contributed by atoms with E-state index in [0.29, 0.717) is 13.0 Å². The van der Waals surface area contributed by atoms with E-state index in [2.05, 4.69) is 9.89 Å². The number of methoxy groups -OCH3 is 1. The molecule has 0 bridgehead atoms. The van der Waals surface area contributed by atoms with Crippen molar-refractivity contribution in [3.63, 3.8) is 0 Å². The Labute approximate surface area is 203 Å². The lowest BCUT2D eigenvalue weighted by atomic mass is 10.1. The van der Waals surface area contributed by atoms with Crippen LogP contribution in [0, 0.1) is 0 Å². The zero-order valence-electron chi connectivity index (χ0n) is 20.4. The Morgan fingerprint density at radius 2 is 1.86 bits per heavy atom. The number of ether oxygens (including phenoxy) is 4. The van der Waals surface area contributed by atoms with Gasteiger partial charge < -0.3 is 33.3 Å². The Bertz CT molecular complexity index is 1000. The van der Waals surface area contributed by atoms with Gasteiger partial charge in [-0.25, -0.2) is 14.4 Å². The lowest BCUT2D eigenvalue weighted by molar-refractivity contribution is -0.00626. The van der Waals surface area contributed by atoms with Gasteiger partial charge in [-0.2, -0.15) is 0 Å². The topological polar surface area (TPSA) is 121 Å². The Hall–Kier alpha value is -3.76. The highest BCUT2D eigenvalue weighted by molar-refractivity contribution is 5.86. The molecular weight excluding hydrogens is 458 g/mol. The number of piperazine rings is 1. The van der Waals surface area contributed by atoms with E-state index in [9.17, 15) is 14.4 Å². The van der Waals surface area contributed by atoms with Crippen LogP contribution in [0.25, 0.3) is 0 Å². The summed E-state index contributed by atoms with van der Waals surface area (Å²) in [5.41, 5.74) is 0.228. The molecule has 1 aliphatic heterocycles. The largest absolute Gasteiger partial charge is 0.475 e. The van der Waals surface area contributed by atoms with E-state index < -0.39 is 23.8 Å². The number of benzene rings is 1. The van der Waals surface area contributed by atoms with Crippen molar-refractivity contribution in [2.75, 3.05) is 33.4 Å². The van der Waals surface area contributed by atoms with Crippen molar-refractivity contribution in [2.45, 2.75) is 45.4 Å². The van der Waals surface area contributed by atoms with Crippen molar-refractivity contribution in [3.05, 3.63) is 47.7 Å². The molecule has 1 fully saturated rings. The van der Waals surface area contributed by atoms with Gasteiger partial charge in [0.05, 0.1) is 25.8 Å². The number of hydrogen-bond donors (Lipinski definition) is 0. The summed E-state index contributed by atoms with van der Waals surface area (Å²) >= 11 is 0. The Balaban J connectivity index is 1.61. The van der Waals surface area contributed by atoms with E-state index in [0.717, 1.165) is 5.56 Å². The molecule has 0 unspecified atom stereocenters. The van der Waals surface area contributed by atoms with Gasteiger partial charge in [0.25, 0.3) is 5.88 Å². The molecule has 11 nitrogen and oxygen atoms in total. The van der Waals surface area contributed by atoms with Gasteiger partial charge in [-0.1, -0.05) is 30.3 Å². The highest BCUT2D eigenvalue weighted by Crippen LogP contribution is 2.20. The van der Waals surface area contributed by atoms with Crippen molar-refractivity contribution in [1.29, 1.82) is 0 Å². The first kappa shape index (κ1) is 25.9. The molecule has 0 spiro atoms. The van der Waals surface area contributed by atoms with Crippen LogP contribution in [0.15, 0.2) is 40.9 Å². The van der Waals surface area contributed by atoms with Crippen LogP contribution >= 0.6 is 0 Å². The number of amides is 2. The molecule has 1 aliphatic rings. The van der Waals surface area contributed by atoms with E-state index in [4.69, 9.17) is 18.7 Å². The van der Waals surface area contributed by atoms with Crippen LogP contribution < -0.4 is 4.74 Å². The molecular formula is C24H31N3O8. The monoisotopic (exact) mass is 489 g/mol. The summed E-state index contributed by atoms with van der Waals surface area (Å²) in [5.74, 6) is -0.632. The van der Waals surface area contributed by atoms with E-state index in [1.54, 1.807) is 30.6 Å². The molecule has 1 atom stereocenters. The van der Waals surface area contributed by atoms with Gasteiger partial charge in [0.15, 0.2) is 0 Å². The number of hydrogen-bond acceptors (Lipinski definition) is 9. The van der Waals surface area contributed by atoms with Gasteiger partial charge in [-0.15, -0.1) is 0 Å².